The van der Waals surface area contributed by atoms with E-state index in [1.807, 2.05) is 27.7 Å². The van der Waals surface area contributed by atoms with Crippen LogP contribution in [0.1, 0.15) is 33.4 Å². The number of ether oxygens (including phenoxy) is 1. The first-order valence-electron chi connectivity index (χ1n) is 5.60. The fraction of sp³-hybridized carbons (Fsp3) is 0.636. The zero-order valence-electron chi connectivity index (χ0n) is 10.4. The van der Waals surface area contributed by atoms with Crippen LogP contribution < -0.4 is 5.32 Å². The molecule has 1 amide bonds. The lowest BCUT2D eigenvalue weighted by molar-refractivity contribution is 0.116. The summed E-state index contributed by atoms with van der Waals surface area (Å²) in [7, 11) is 0. The number of carbonyl (C=O) groups excluding carboxylic acids is 1. The normalized spacial score (nSPS) is 9.31. The smallest absolute Gasteiger partial charge is 0.407 e. The average molecular weight is 227 g/mol. The van der Waals surface area contributed by atoms with Crippen LogP contribution in [0.25, 0.3) is 0 Å². The summed E-state index contributed by atoms with van der Waals surface area (Å²) in [5.41, 5.74) is 0.995. The van der Waals surface area contributed by atoms with E-state index in [1.165, 1.54) is 0 Å². The number of rotatable bonds is 4. The molecule has 1 rings (SSSR count). The molecule has 0 saturated carbocycles. The Morgan fingerprint density at radius 1 is 1.56 bits per heavy atom. The van der Waals surface area contributed by atoms with Crippen molar-refractivity contribution in [3.63, 3.8) is 0 Å². The van der Waals surface area contributed by atoms with Crippen molar-refractivity contribution in [2.45, 2.75) is 40.2 Å². The first-order valence-corrected chi connectivity index (χ1v) is 5.60. The molecule has 0 bridgehead atoms. The quantitative estimate of drug-likeness (QED) is 0.827. The molecule has 0 aliphatic heterocycles. The van der Waals surface area contributed by atoms with Gasteiger partial charge in [-0.05, 0) is 13.8 Å². The number of nitrogens with zero attached hydrogens (tertiary/aromatic N) is 1. The number of nitrogens with one attached hydrogen (secondary N) is 2. The van der Waals surface area contributed by atoms with Crippen LogP contribution in [-0.2, 0) is 11.2 Å². The summed E-state index contributed by atoms with van der Waals surface area (Å²) in [5.74, 6) is 0. The van der Waals surface area contributed by atoms with Gasteiger partial charge in [-0.1, -0.05) is 13.8 Å². The van der Waals surface area contributed by atoms with Crippen LogP contribution >= 0.6 is 0 Å². The predicted molar refractivity (Wildman–Crippen MR) is 63.3 cm³/mol. The van der Waals surface area contributed by atoms with E-state index in [9.17, 15) is 4.79 Å². The van der Waals surface area contributed by atoms with E-state index in [1.54, 1.807) is 12.5 Å². The van der Waals surface area contributed by atoms with E-state index < -0.39 is 0 Å². The topological polar surface area (TPSA) is 67.0 Å². The SMILES string of the molecule is CC.CC(C)OC(=O)NCCc1cnc[nH]1. The van der Waals surface area contributed by atoms with E-state index in [2.05, 4.69) is 15.3 Å². The van der Waals surface area contributed by atoms with Gasteiger partial charge in [-0.2, -0.15) is 0 Å². The van der Waals surface area contributed by atoms with Crippen LogP contribution in [-0.4, -0.2) is 28.7 Å². The standard InChI is InChI=1S/C9H15N3O2.C2H6/c1-7(2)14-9(13)11-4-3-8-5-10-6-12-8;1-2/h5-7H,3-4H2,1-2H3,(H,10,12)(H,11,13);1-2H3. The highest BCUT2D eigenvalue weighted by molar-refractivity contribution is 5.67. The predicted octanol–water partition coefficient (Wildman–Crippen LogP) is 2.11. The minimum Gasteiger partial charge on any atom is -0.447 e. The second-order valence-electron chi connectivity index (χ2n) is 3.21. The van der Waals surface area contributed by atoms with Crippen molar-refractivity contribution in [2.24, 2.45) is 0 Å². The Hall–Kier alpha value is -1.52. The summed E-state index contributed by atoms with van der Waals surface area (Å²) in [4.78, 5) is 17.8. The fourth-order valence-electron chi connectivity index (χ4n) is 0.976. The van der Waals surface area contributed by atoms with Gasteiger partial charge in [-0.25, -0.2) is 9.78 Å². The molecular formula is C11H21N3O2. The Morgan fingerprint density at radius 2 is 2.25 bits per heavy atom. The first-order chi connectivity index (χ1) is 7.68. The second-order valence-corrected chi connectivity index (χ2v) is 3.21. The van der Waals surface area contributed by atoms with Gasteiger partial charge in [0, 0.05) is 24.9 Å². The monoisotopic (exact) mass is 227 g/mol. The van der Waals surface area contributed by atoms with Crippen LogP contribution in [0, 0.1) is 0 Å². The van der Waals surface area contributed by atoms with Gasteiger partial charge in [0.2, 0.25) is 0 Å². The molecule has 92 valence electrons. The van der Waals surface area contributed by atoms with Crippen molar-refractivity contribution >= 4 is 6.09 Å². The Balaban J connectivity index is 0.00000106. The molecule has 1 aromatic heterocycles. The van der Waals surface area contributed by atoms with E-state index in [0.29, 0.717) is 6.54 Å². The minimum atomic E-state index is -0.375. The van der Waals surface area contributed by atoms with Crippen molar-refractivity contribution in [3.05, 3.63) is 18.2 Å². The highest BCUT2D eigenvalue weighted by Crippen LogP contribution is 1.92. The molecule has 1 heterocycles. The van der Waals surface area contributed by atoms with Crippen LogP contribution in [0.2, 0.25) is 0 Å². The lowest BCUT2D eigenvalue weighted by atomic mass is 10.3. The van der Waals surface area contributed by atoms with Crippen LogP contribution in [0.3, 0.4) is 0 Å². The number of carbonyl (C=O) groups is 1. The molecule has 0 aromatic carbocycles. The van der Waals surface area contributed by atoms with Gasteiger partial charge in [-0.3, -0.25) is 0 Å². The molecule has 0 aliphatic carbocycles. The number of amides is 1. The molecule has 0 saturated heterocycles. The fourth-order valence-corrected chi connectivity index (χ4v) is 0.976. The number of alkyl carbamates (subject to hydrolysis) is 1. The van der Waals surface area contributed by atoms with Crippen molar-refractivity contribution in [1.29, 1.82) is 0 Å². The molecule has 0 aliphatic rings. The third kappa shape index (κ3) is 6.86. The largest absolute Gasteiger partial charge is 0.447 e. The molecule has 0 atom stereocenters. The zero-order chi connectivity index (χ0) is 12.4. The zero-order valence-corrected chi connectivity index (χ0v) is 10.4. The van der Waals surface area contributed by atoms with E-state index in [-0.39, 0.29) is 12.2 Å². The molecule has 0 unspecified atom stereocenters. The van der Waals surface area contributed by atoms with Crippen molar-refractivity contribution < 1.29 is 9.53 Å². The lowest BCUT2D eigenvalue weighted by Gasteiger charge is -2.08. The lowest BCUT2D eigenvalue weighted by Crippen LogP contribution is -2.28. The van der Waals surface area contributed by atoms with Gasteiger partial charge in [0.25, 0.3) is 0 Å². The van der Waals surface area contributed by atoms with Crippen molar-refractivity contribution in [3.8, 4) is 0 Å². The first kappa shape index (κ1) is 14.5. The van der Waals surface area contributed by atoms with Crippen LogP contribution in [0.5, 0.6) is 0 Å². The summed E-state index contributed by atoms with van der Waals surface area (Å²) < 4.78 is 4.89. The molecule has 16 heavy (non-hydrogen) atoms. The summed E-state index contributed by atoms with van der Waals surface area (Å²) in [5, 5.41) is 2.64. The summed E-state index contributed by atoms with van der Waals surface area (Å²) >= 11 is 0. The summed E-state index contributed by atoms with van der Waals surface area (Å²) in [6, 6.07) is 0. The number of aromatic nitrogens is 2. The maximum absolute atomic E-state index is 11.0. The Labute approximate surface area is 96.6 Å². The van der Waals surface area contributed by atoms with E-state index >= 15 is 0 Å². The molecule has 5 nitrogen and oxygen atoms in total. The van der Waals surface area contributed by atoms with Gasteiger partial charge in [0.1, 0.15) is 0 Å². The Kier molecular flexibility index (Phi) is 7.93. The van der Waals surface area contributed by atoms with Gasteiger partial charge in [-0.15, -0.1) is 0 Å². The highest BCUT2D eigenvalue weighted by atomic mass is 16.6. The van der Waals surface area contributed by atoms with Crippen molar-refractivity contribution in [1.82, 2.24) is 15.3 Å². The maximum atomic E-state index is 11.0. The minimum absolute atomic E-state index is 0.0813. The average Bonchev–Trinajstić information content (AvgIpc) is 2.72. The Morgan fingerprint density at radius 3 is 2.75 bits per heavy atom. The molecule has 2 N–H and O–H groups in total. The molecule has 0 fully saturated rings. The second kappa shape index (κ2) is 8.76. The molecular weight excluding hydrogens is 206 g/mol. The highest BCUT2D eigenvalue weighted by Gasteiger charge is 2.03. The number of imidazole rings is 1. The maximum Gasteiger partial charge on any atom is 0.407 e. The van der Waals surface area contributed by atoms with Gasteiger partial charge in [0.05, 0.1) is 12.4 Å². The summed E-state index contributed by atoms with van der Waals surface area (Å²) in [6.07, 6.45) is 3.62. The van der Waals surface area contributed by atoms with Gasteiger partial charge < -0.3 is 15.0 Å². The molecule has 0 radical (unpaired) electrons. The van der Waals surface area contributed by atoms with Crippen LogP contribution in [0.4, 0.5) is 4.79 Å². The van der Waals surface area contributed by atoms with E-state index in [0.717, 1.165) is 12.1 Å². The molecule has 5 heteroatoms. The number of hydrogen-bond donors (Lipinski definition) is 2. The van der Waals surface area contributed by atoms with E-state index in [4.69, 9.17) is 4.74 Å². The number of aromatic amines is 1. The van der Waals surface area contributed by atoms with Crippen molar-refractivity contribution in [2.75, 3.05) is 6.54 Å². The molecule has 1 aromatic rings. The third-order valence-corrected chi connectivity index (χ3v) is 1.56. The number of H-pyrrole nitrogens is 1. The van der Waals surface area contributed by atoms with Gasteiger partial charge >= 0.3 is 6.09 Å². The third-order valence-electron chi connectivity index (χ3n) is 1.56. The van der Waals surface area contributed by atoms with Gasteiger partial charge in [0.15, 0.2) is 0 Å². The molecule has 0 spiro atoms. The Bertz CT molecular complexity index is 271. The number of hydrogen-bond acceptors (Lipinski definition) is 3. The van der Waals surface area contributed by atoms with Crippen LogP contribution in [0.15, 0.2) is 12.5 Å². The summed E-state index contributed by atoms with van der Waals surface area (Å²) in [6.45, 7) is 8.18.